The lowest BCUT2D eigenvalue weighted by Gasteiger charge is -2.13. The summed E-state index contributed by atoms with van der Waals surface area (Å²) in [6.45, 7) is 1.86. The number of amides is 1. The van der Waals surface area contributed by atoms with Gasteiger partial charge >= 0.3 is 0 Å². The third-order valence-corrected chi connectivity index (χ3v) is 3.50. The molecule has 1 amide bonds. The highest BCUT2D eigenvalue weighted by atomic mass is 35.5. The van der Waals surface area contributed by atoms with Crippen LogP contribution in [-0.2, 0) is 11.2 Å². The van der Waals surface area contributed by atoms with E-state index in [1.807, 2.05) is 0 Å². The lowest BCUT2D eigenvalue weighted by atomic mass is 10.0. The van der Waals surface area contributed by atoms with E-state index in [1.165, 1.54) is 30.1 Å². The summed E-state index contributed by atoms with van der Waals surface area (Å²) in [6, 6.07) is 1.51. The van der Waals surface area contributed by atoms with Gasteiger partial charge in [-0.05, 0) is 6.07 Å². The minimum atomic E-state index is -0.276. The molecule has 0 atom stereocenters. The van der Waals surface area contributed by atoms with Crippen LogP contribution >= 0.6 is 11.6 Å². The molecule has 1 N–H and O–H groups in total. The maximum atomic E-state index is 12.4. The smallest absolute Gasteiger partial charge is 0.266 e. The topological polar surface area (TPSA) is 73.2 Å². The van der Waals surface area contributed by atoms with Crippen LogP contribution in [0.4, 0.5) is 5.69 Å². The highest BCUT2D eigenvalue weighted by Gasteiger charge is 2.27. The van der Waals surface area contributed by atoms with Gasteiger partial charge in [-0.3, -0.25) is 14.2 Å². The van der Waals surface area contributed by atoms with Gasteiger partial charge in [0.1, 0.15) is 12.1 Å². The fourth-order valence-electron chi connectivity index (χ4n) is 2.33. The first-order valence-electron chi connectivity index (χ1n) is 6.36. The number of rotatable bonds is 2. The Morgan fingerprint density at radius 3 is 2.95 bits per heavy atom. The molecule has 1 aliphatic heterocycles. The number of fused-ring (bicyclic) bond motifs is 1. The van der Waals surface area contributed by atoms with E-state index in [4.69, 9.17) is 16.3 Å². The number of carbonyl (C=O) groups is 2. The van der Waals surface area contributed by atoms with Crippen molar-refractivity contribution in [2.45, 2.75) is 13.3 Å². The number of nitrogens with zero attached hydrogens (tertiary/aromatic N) is 2. The minimum absolute atomic E-state index is 0.223. The van der Waals surface area contributed by atoms with Gasteiger partial charge in [-0.1, -0.05) is 11.6 Å². The molecular formula is C14H12ClN3O3. The fraction of sp³-hybridized carbons (Fsp3) is 0.214. The second-order valence-corrected chi connectivity index (χ2v) is 5.05. The molecule has 0 aliphatic carbocycles. The van der Waals surface area contributed by atoms with Crippen molar-refractivity contribution in [2.24, 2.45) is 0 Å². The fourth-order valence-corrected chi connectivity index (χ4v) is 2.60. The van der Waals surface area contributed by atoms with E-state index in [0.29, 0.717) is 35.1 Å². The van der Waals surface area contributed by atoms with Crippen molar-refractivity contribution in [1.82, 2.24) is 9.55 Å². The number of carbonyl (C=O) groups excluding carboxylic acids is 2. The van der Waals surface area contributed by atoms with Gasteiger partial charge in [0, 0.05) is 31.3 Å². The van der Waals surface area contributed by atoms with Crippen LogP contribution in [0.3, 0.4) is 0 Å². The predicted molar refractivity (Wildman–Crippen MR) is 76.9 cm³/mol. The van der Waals surface area contributed by atoms with Crippen molar-refractivity contribution >= 4 is 29.1 Å². The normalized spacial score (nSPS) is 12.7. The van der Waals surface area contributed by atoms with E-state index in [1.54, 1.807) is 6.20 Å². The summed E-state index contributed by atoms with van der Waals surface area (Å²) < 4.78 is 6.91. The second-order valence-electron chi connectivity index (χ2n) is 4.64. The van der Waals surface area contributed by atoms with Crippen LogP contribution in [-0.4, -0.2) is 28.0 Å². The SMILES string of the molecule is CC(=O)Nc1c(Cl)cc(C(=O)n2ccnc2)c2c1CCO2. The zero-order valence-electron chi connectivity index (χ0n) is 11.2. The summed E-state index contributed by atoms with van der Waals surface area (Å²) >= 11 is 6.22. The summed E-state index contributed by atoms with van der Waals surface area (Å²) in [4.78, 5) is 27.6. The molecule has 1 aliphatic rings. The van der Waals surface area contributed by atoms with Crippen LogP contribution in [0.25, 0.3) is 0 Å². The molecule has 7 heteroatoms. The van der Waals surface area contributed by atoms with Crippen molar-refractivity contribution in [3.63, 3.8) is 0 Å². The summed E-state index contributed by atoms with van der Waals surface area (Å²) in [7, 11) is 0. The zero-order chi connectivity index (χ0) is 15.0. The molecule has 1 aromatic heterocycles. The van der Waals surface area contributed by atoms with Gasteiger partial charge in [-0.25, -0.2) is 4.98 Å². The monoisotopic (exact) mass is 305 g/mol. The van der Waals surface area contributed by atoms with Crippen molar-refractivity contribution in [2.75, 3.05) is 11.9 Å². The van der Waals surface area contributed by atoms with E-state index in [0.717, 1.165) is 5.56 Å². The standard InChI is InChI=1S/C14H12ClN3O3/c1-8(19)17-12-9-2-5-21-13(9)10(6-11(12)15)14(20)18-4-3-16-7-18/h3-4,6-7H,2,5H2,1H3,(H,17,19). The highest BCUT2D eigenvalue weighted by molar-refractivity contribution is 6.34. The molecule has 0 bridgehead atoms. The summed E-state index contributed by atoms with van der Waals surface area (Å²) in [6.07, 6.45) is 5.08. The first-order valence-corrected chi connectivity index (χ1v) is 6.74. The van der Waals surface area contributed by atoms with E-state index < -0.39 is 0 Å². The van der Waals surface area contributed by atoms with E-state index in [-0.39, 0.29) is 11.8 Å². The molecule has 3 rings (SSSR count). The number of anilines is 1. The lowest BCUT2D eigenvalue weighted by molar-refractivity contribution is -0.114. The van der Waals surface area contributed by atoms with Gasteiger partial charge in [0.15, 0.2) is 0 Å². The average molecular weight is 306 g/mol. The second kappa shape index (κ2) is 5.21. The zero-order valence-corrected chi connectivity index (χ0v) is 12.0. The molecule has 108 valence electrons. The summed E-state index contributed by atoms with van der Waals surface area (Å²) in [5.41, 5.74) is 1.62. The Balaban J connectivity index is 2.12. The average Bonchev–Trinajstić information content (AvgIpc) is 3.10. The maximum Gasteiger partial charge on any atom is 0.266 e. The van der Waals surface area contributed by atoms with E-state index >= 15 is 0 Å². The van der Waals surface area contributed by atoms with Crippen LogP contribution in [0, 0.1) is 0 Å². The van der Waals surface area contributed by atoms with Crippen molar-refractivity contribution in [3.05, 3.63) is 40.9 Å². The first-order chi connectivity index (χ1) is 10.1. The van der Waals surface area contributed by atoms with Gasteiger partial charge in [-0.15, -0.1) is 0 Å². The highest BCUT2D eigenvalue weighted by Crippen LogP contribution is 2.40. The number of hydrogen-bond donors (Lipinski definition) is 1. The summed E-state index contributed by atoms with van der Waals surface area (Å²) in [5.74, 6) is -0.0246. The third-order valence-electron chi connectivity index (χ3n) is 3.20. The number of aromatic nitrogens is 2. The van der Waals surface area contributed by atoms with Crippen LogP contribution in [0.5, 0.6) is 5.75 Å². The number of nitrogens with one attached hydrogen (secondary N) is 1. The number of benzene rings is 1. The molecule has 0 saturated carbocycles. The molecule has 2 heterocycles. The number of halogens is 1. The van der Waals surface area contributed by atoms with Gasteiger partial charge < -0.3 is 10.1 Å². The first kappa shape index (κ1) is 13.6. The maximum absolute atomic E-state index is 12.4. The summed E-state index contributed by atoms with van der Waals surface area (Å²) in [5, 5.41) is 3.01. The van der Waals surface area contributed by atoms with E-state index in [9.17, 15) is 9.59 Å². The Bertz CT molecular complexity index is 726. The number of imidazole rings is 1. The molecule has 0 saturated heterocycles. The van der Waals surface area contributed by atoms with Crippen LogP contribution in [0.15, 0.2) is 24.8 Å². The Morgan fingerprint density at radius 1 is 1.48 bits per heavy atom. The Labute approximate surface area is 125 Å². The third kappa shape index (κ3) is 2.38. The molecular weight excluding hydrogens is 294 g/mol. The molecule has 6 nitrogen and oxygen atoms in total. The predicted octanol–water partition coefficient (Wildman–Crippen LogP) is 2.12. The van der Waals surface area contributed by atoms with Crippen molar-refractivity contribution in [3.8, 4) is 5.75 Å². The van der Waals surface area contributed by atoms with Crippen molar-refractivity contribution in [1.29, 1.82) is 0 Å². The van der Waals surface area contributed by atoms with E-state index in [2.05, 4.69) is 10.3 Å². The van der Waals surface area contributed by atoms with Gasteiger partial charge in [0.05, 0.1) is 22.9 Å². The Morgan fingerprint density at radius 2 is 2.29 bits per heavy atom. The van der Waals surface area contributed by atoms with Crippen molar-refractivity contribution < 1.29 is 14.3 Å². The molecule has 2 aromatic rings. The number of hydrogen-bond acceptors (Lipinski definition) is 4. The van der Waals surface area contributed by atoms with Crippen LogP contribution in [0.1, 0.15) is 22.8 Å². The van der Waals surface area contributed by atoms with Crippen LogP contribution < -0.4 is 10.1 Å². The largest absolute Gasteiger partial charge is 0.492 e. The van der Waals surface area contributed by atoms with Gasteiger partial charge in [0.25, 0.3) is 5.91 Å². The Kier molecular flexibility index (Phi) is 3.39. The molecule has 1 aromatic carbocycles. The molecule has 21 heavy (non-hydrogen) atoms. The molecule has 0 radical (unpaired) electrons. The molecule has 0 unspecified atom stereocenters. The van der Waals surface area contributed by atoms with Crippen LogP contribution in [0.2, 0.25) is 5.02 Å². The Hall–Kier alpha value is -2.34. The number of ether oxygens (including phenoxy) is 1. The van der Waals surface area contributed by atoms with Gasteiger partial charge in [0.2, 0.25) is 5.91 Å². The molecule has 0 fully saturated rings. The van der Waals surface area contributed by atoms with Gasteiger partial charge in [-0.2, -0.15) is 0 Å². The quantitative estimate of drug-likeness (QED) is 0.922. The lowest BCUT2D eigenvalue weighted by Crippen LogP contribution is -2.13. The minimum Gasteiger partial charge on any atom is -0.492 e. The molecule has 0 spiro atoms.